The van der Waals surface area contributed by atoms with Gasteiger partial charge in [-0.15, -0.1) is 0 Å². The standard InChI is InChI=1S/C14H19F/c1-6-9-10-13(11(4)7-2)12(5)14(15)8-3/h6-7,9-10H,1-2,8H2,3-5H3/b10-9+,13-11+,14-12-. The normalized spacial score (nSPS) is 14.7. The van der Waals surface area contributed by atoms with Gasteiger partial charge in [-0.1, -0.05) is 44.4 Å². The first-order valence-electron chi connectivity index (χ1n) is 5.06. The van der Waals surface area contributed by atoms with Gasteiger partial charge in [0.15, 0.2) is 0 Å². The molecule has 82 valence electrons. The van der Waals surface area contributed by atoms with Crippen molar-refractivity contribution < 1.29 is 4.39 Å². The minimum Gasteiger partial charge on any atom is -0.212 e. The molecule has 0 saturated carbocycles. The lowest BCUT2D eigenvalue weighted by atomic mass is 10.00. The Morgan fingerprint density at radius 1 is 1.27 bits per heavy atom. The summed E-state index contributed by atoms with van der Waals surface area (Å²) in [4.78, 5) is 0. The number of rotatable bonds is 5. The van der Waals surface area contributed by atoms with Crippen molar-refractivity contribution in [2.75, 3.05) is 0 Å². The van der Waals surface area contributed by atoms with Gasteiger partial charge in [-0.25, -0.2) is 4.39 Å². The molecular formula is C14H19F. The van der Waals surface area contributed by atoms with Crippen molar-refractivity contribution in [2.45, 2.75) is 27.2 Å². The van der Waals surface area contributed by atoms with E-state index < -0.39 is 0 Å². The largest absolute Gasteiger partial charge is 0.212 e. The minimum absolute atomic E-state index is 0.0834. The van der Waals surface area contributed by atoms with E-state index in [4.69, 9.17) is 0 Å². The molecule has 0 aromatic carbocycles. The van der Waals surface area contributed by atoms with Crippen molar-refractivity contribution in [1.29, 1.82) is 0 Å². The van der Waals surface area contributed by atoms with Crippen molar-refractivity contribution in [3.8, 4) is 0 Å². The first kappa shape index (κ1) is 13.6. The summed E-state index contributed by atoms with van der Waals surface area (Å²) in [5.41, 5.74) is 2.52. The molecule has 0 rings (SSSR count). The smallest absolute Gasteiger partial charge is 0.103 e. The molecule has 1 heteroatoms. The second kappa shape index (κ2) is 6.99. The highest BCUT2D eigenvalue weighted by atomic mass is 19.1. The fourth-order valence-electron chi connectivity index (χ4n) is 1.24. The van der Waals surface area contributed by atoms with Crippen LogP contribution in [0.2, 0.25) is 0 Å². The zero-order chi connectivity index (χ0) is 11.8. The van der Waals surface area contributed by atoms with Gasteiger partial charge in [-0.3, -0.25) is 0 Å². The lowest BCUT2D eigenvalue weighted by Gasteiger charge is -2.07. The quantitative estimate of drug-likeness (QED) is 0.562. The molecular weight excluding hydrogens is 187 g/mol. The fourth-order valence-corrected chi connectivity index (χ4v) is 1.24. The summed E-state index contributed by atoms with van der Waals surface area (Å²) in [5.74, 6) is -0.0834. The van der Waals surface area contributed by atoms with E-state index in [1.54, 1.807) is 32.1 Å². The van der Waals surface area contributed by atoms with E-state index in [1.165, 1.54) is 0 Å². The third-order valence-electron chi connectivity index (χ3n) is 2.25. The Morgan fingerprint density at radius 3 is 2.27 bits per heavy atom. The molecule has 0 bridgehead atoms. The maximum absolute atomic E-state index is 13.5. The topological polar surface area (TPSA) is 0 Å². The average molecular weight is 206 g/mol. The van der Waals surface area contributed by atoms with Crippen molar-refractivity contribution in [1.82, 2.24) is 0 Å². The van der Waals surface area contributed by atoms with Gasteiger partial charge in [0.05, 0.1) is 0 Å². The average Bonchev–Trinajstić information content (AvgIpc) is 2.27. The van der Waals surface area contributed by atoms with Crippen molar-refractivity contribution in [3.05, 3.63) is 60.0 Å². The van der Waals surface area contributed by atoms with E-state index in [2.05, 4.69) is 13.2 Å². The Labute approximate surface area is 92.2 Å². The van der Waals surface area contributed by atoms with Crippen molar-refractivity contribution >= 4 is 0 Å². The maximum atomic E-state index is 13.5. The van der Waals surface area contributed by atoms with E-state index in [-0.39, 0.29) is 5.83 Å². The maximum Gasteiger partial charge on any atom is 0.103 e. The van der Waals surface area contributed by atoms with Crippen LogP contribution >= 0.6 is 0 Å². The molecule has 0 nitrogen and oxygen atoms in total. The van der Waals surface area contributed by atoms with E-state index in [0.717, 1.165) is 11.1 Å². The van der Waals surface area contributed by atoms with Gasteiger partial charge in [-0.05, 0) is 37.0 Å². The number of halogens is 1. The minimum atomic E-state index is -0.0834. The molecule has 0 heterocycles. The highest BCUT2D eigenvalue weighted by Gasteiger charge is 2.04. The Bertz CT molecular complexity index is 327. The summed E-state index contributed by atoms with van der Waals surface area (Å²) in [5, 5.41) is 0. The third-order valence-corrected chi connectivity index (χ3v) is 2.25. The van der Waals surface area contributed by atoms with Gasteiger partial charge in [0.1, 0.15) is 5.83 Å². The molecule has 0 aliphatic rings. The number of hydrogen-bond donors (Lipinski definition) is 0. The van der Waals surface area contributed by atoms with Crippen LogP contribution in [-0.4, -0.2) is 0 Å². The van der Waals surface area contributed by atoms with Gasteiger partial charge in [0.25, 0.3) is 0 Å². The van der Waals surface area contributed by atoms with Crippen molar-refractivity contribution in [2.24, 2.45) is 0 Å². The number of hydrogen-bond acceptors (Lipinski definition) is 0. The molecule has 0 aliphatic carbocycles. The lowest BCUT2D eigenvalue weighted by molar-refractivity contribution is 0.594. The summed E-state index contributed by atoms with van der Waals surface area (Å²) in [7, 11) is 0. The molecule has 0 saturated heterocycles. The molecule has 0 amide bonds. The molecule has 0 N–H and O–H groups in total. The zero-order valence-corrected chi connectivity index (χ0v) is 9.81. The summed E-state index contributed by atoms with van der Waals surface area (Å²) in [6, 6.07) is 0. The molecule has 0 spiro atoms. The Morgan fingerprint density at radius 2 is 1.87 bits per heavy atom. The summed E-state index contributed by atoms with van der Waals surface area (Å²) in [6.07, 6.45) is 7.48. The van der Waals surface area contributed by atoms with Crippen LogP contribution in [0.1, 0.15) is 27.2 Å². The van der Waals surface area contributed by atoms with Gasteiger partial charge < -0.3 is 0 Å². The molecule has 0 aromatic rings. The van der Waals surface area contributed by atoms with Crippen LogP contribution in [0.3, 0.4) is 0 Å². The van der Waals surface area contributed by atoms with Gasteiger partial charge in [0.2, 0.25) is 0 Å². The SMILES string of the molecule is C=C/C=C/C(C(/C)=C(\F)CC)=C(/C)C=C. The van der Waals surface area contributed by atoms with Crippen LogP contribution in [0, 0.1) is 0 Å². The number of allylic oxidation sites excluding steroid dienone is 8. The van der Waals surface area contributed by atoms with Crippen LogP contribution in [-0.2, 0) is 0 Å². The molecule has 0 radical (unpaired) electrons. The van der Waals surface area contributed by atoms with Crippen LogP contribution < -0.4 is 0 Å². The van der Waals surface area contributed by atoms with Crippen LogP contribution in [0.5, 0.6) is 0 Å². The summed E-state index contributed by atoms with van der Waals surface area (Å²) >= 11 is 0. The second-order valence-electron chi connectivity index (χ2n) is 3.28. The van der Waals surface area contributed by atoms with E-state index >= 15 is 0 Å². The Kier molecular flexibility index (Phi) is 6.35. The van der Waals surface area contributed by atoms with Crippen molar-refractivity contribution in [3.63, 3.8) is 0 Å². The van der Waals surface area contributed by atoms with Crippen LogP contribution in [0.4, 0.5) is 4.39 Å². The highest BCUT2D eigenvalue weighted by Crippen LogP contribution is 2.22. The third kappa shape index (κ3) is 4.11. The molecule has 15 heavy (non-hydrogen) atoms. The van der Waals surface area contributed by atoms with E-state index in [9.17, 15) is 4.39 Å². The molecule has 0 fully saturated rings. The zero-order valence-electron chi connectivity index (χ0n) is 9.81. The first-order chi connectivity index (χ1) is 7.08. The van der Waals surface area contributed by atoms with Gasteiger partial charge in [-0.2, -0.15) is 0 Å². The van der Waals surface area contributed by atoms with Crippen LogP contribution in [0.15, 0.2) is 60.0 Å². The molecule has 0 aromatic heterocycles. The molecule has 0 unspecified atom stereocenters. The van der Waals surface area contributed by atoms with Gasteiger partial charge >= 0.3 is 0 Å². The first-order valence-corrected chi connectivity index (χ1v) is 5.06. The highest BCUT2D eigenvalue weighted by molar-refractivity contribution is 5.46. The van der Waals surface area contributed by atoms with Gasteiger partial charge in [0, 0.05) is 0 Å². The summed E-state index contributed by atoms with van der Waals surface area (Å²) in [6.45, 7) is 12.8. The van der Waals surface area contributed by atoms with E-state index in [1.807, 2.05) is 13.0 Å². The second-order valence-corrected chi connectivity index (χ2v) is 3.28. The monoisotopic (exact) mass is 206 g/mol. The lowest BCUT2D eigenvalue weighted by Crippen LogP contribution is -1.89. The summed E-state index contributed by atoms with van der Waals surface area (Å²) < 4.78 is 13.5. The van der Waals surface area contributed by atoms with E-state index in [0.29, 0.717) is 12.0 Å². The Balaban J connectivity index is 5.41. The molecule has 0 atom stereocenters. The fraction of sp³-hybridized carbons (Fsp3) is 0.286. The predicted molar refractivity (Wildman–Crippen MR) is 66.3 cm³/mol. The molecule has 0 aliphatic heterocycles. The Hall–Kier alpha value is -1.37. The predicted octanol–water partition coefficient (Wildman–Crippen LogP) is 4.88. The van der Waals surface area contributed by atoms with Crippen LogP contribution in [0.25, 0.3) is 0 Å².